The molecule has 0 radical (unpaired) electrons. The third-order valence-electron chi connectivity index (χ3n) is 3.56. The van der Waals surface area contributed by atoms with E-state index in [9.17, 15) is 9.18 Å². The Labute approximate surface area is 111 Å². The number of aromatic carboxylic acids is 1. The number of aromatic nitrogens is 1. The molecule has 2 heterocycles. The van der Waals surface area contributed by atoms with Gasteiger partial charge in [-0.1, -0.05) is 0 Å². The number of anilines is 1. The summed E-state index contributed by atoms with van der Waals surface area (Å²) in [5.41, 5.74) is -0.0664. The molecule has 104 valence electrons. The average Bonchev–Trinajstić information content (AvgIpc) is 2.38. The van der Waals surface area contributed by atoms with E-state index in [1.165, 1.54) is 0 Å². The number of halogens is 1. The molecule has 0 amide bonds. The van der Waals surface area contributed by atoms with Crippen LogP contribution < -0.4 is 4.90 Å². The summed E-state index contributed by atoms with van der Waals surface area (Å²) in [6.07, 6.45) is 2.97. The van der Waals surface area contributed by atoms with Crippen molar-refractivity contribution in [2.75, 3.05) is 32.1 Å². The molecule has 0 saturated carbocycles. The summed E-state index contributed by atoms with van der Waals surface area (Å²) in [6, 6.07) is 1.54. The smallest absolute Gasteiger partial charge is 0.339 e. The van der Waals surface area contributed by atoms with Crippen LogP contribution in [0.25, 0.3) is 0 Å². The van der Waals surface area contributed by atoms with Crippen molar-refractivity contribution in [1.29, 1.82) is 0 Å². The van der Waals surface area contributed by atoms with E-state index >= 15 is 0 Å². The summed E-state index contributed by atoms with van der Waals surface area (Å²) < 4.78 is 13.1. The lowest BCUT2D eigenvalue weighted by Crippen LogP contribution is -2.42. The van der Waals surface area contributed by atoms with Crippen molar-refractivity contribution in [1.82, 2.24) is 9.88 Å². The van der Waals surface area contributed by atoms with E-state index in [1.54, 1.807) is 0 Å². The Morgan fingerprint density at radius 3 is 2.63 bits per heavy atom. The Morgan fingerprint density at radius 1 is 1.47 bits per heavy atom. The largest absolute Gasteiger partial charge is 0.478 e. The van der Waals surface area contributed by atoms with Crippen LogP contribution in [0.1, 0.15) is 23.2 Å². The molecule has 0 atom stereocenters. The maximum Gasteiger partial charge on any atom is 0.339 e. The van der Waals surface area contributed by atoms with Gasteiger partial charge in [-0.2, -0.15) is 0 Å². The summed E-state index contributed by atoms with van der Waals surface area (Å²) in [6.45, 7) is 1.48. The Bertz CT molecular complexity index is 471. The van der Waals surface area contributed by atoms with Gasteiger partial charge in [0.1, 0.15) is 17.2 Å². The predicted molar refractivity (Wildman–Crippen MR) is 70.1 cm³/mol. The quantitative estimate of drug-likeness (QED) is 0.898. The van der Waals surface area contributed by atoms with Crippen molar-refractivity contribution in [3.63, 3.8) is 0 Å². The molecule has 5 nitrogen and oxygen atoms in total. The van der Waals surface area contributed by atoms with Gasteiger partial charge in [-0.05, 0) is 33.0 Å². The monoisotopic (exact) mass is 267 g/mol. The van der Waals surface area contributed by atoms with Gasteiger partial charge in [0, 0.05) is 19.1 Å². The molecule has 2 rings (SSSR count). The molecule has 0 spiro atoms. The van der Waals surface area contributed by atoms with Gasteiger partial charge in [0.05, 0.1) is 6.20 Å². The number of hydrogen-bond acceptors (Lipinski definition) is 4. The van der Waals surface area contributed by atoms with Crippen LogP contribution in [0.4, 0.5) is 10.2 Å². The fourth-order valence-electron chi connectivity index (χ4n) is 2.44. The number of carboxylic acids is 1. The molecular formula is C13H18FN3O2. The minimum atomic E-state index is -1.14. The zero-order chi connectivity index (χ0) is 14.0. The molecule has 1 N–H and O–H groups in total. The number of piperidine rings is 1. The average molecular weight is 267 g/mol. The van der Waals surface area contributed by atoms with E-state index in [0.29, 0.717) is 11.9 Å². The van der Waals surface area contributed by atoms with Gasteiger partial charge in [0.15, 0.2) is 0 Å². The molecule has 1 saturated heterocycles. The van der Waals surface area contributed by atoms with Crippen LogP contribution in [0.3, 0.4) is 0 Å². The van der Waals surface area contributed by atoms with Gasteiger partial charge >= 0.3 is 5.97 Å². The van der Waals surface area contributed by atoms with Crippen LogP contribution in [0, 0.1) is 5.82 Å². The summed E-state index contributed by atoms with van der Waals surface area (Å²) in [7, 11) is 4.08. The van der Waals surface area contributed by atoms with Crippen molar-refractivity contribution >= 4 is 11.8 Å². The number of carboxylic acid groups (broad SMARTS) is 1. The predicted octanol–water partition coefficient (Wildman–Crippen LogP) is 1.45. The van der Waals surface area contributed by atoms with Crippen LogP contribution in [0.5, 0.6) is 0 Å². The topological polar surface area (TPSA) is 56.7 Å². The van der Waals surface area contributed by atoms with Gasteiger partial charge < -0.3 is 14.9 Å². The molecule has 1 aromatic rings. The van der Waals surface area contributed by atoms with Crippen molar-refractivity contribution in [2.45, 2.75) is 18.9 Å². The van der Waals surface area contributed by atoms with Crippen molar-refractivity contribution in [3.05, 3.63) is 23.6 Å². The molecule has 1 fully saturated rings. The van der Waals surface area contributed by atoms with Gasteiger partial charge in [0.2, 0.25) is 0 Å². The Kier molecular flexibility index (Phi) is 3.99. The second-order valence-corrected chi connectivity index (χ2v) is 5.01. The molecule has 0 bridgehead atoms. The Balaban J connectivity index is 2.17. The molecule has 1 aliphatic heterocycles. The fraction of sp³-hybridized carbons (Fsp3) is 0.538. The van der Waals surface area contributed by atoms with Crippen LogP contribution in [-0.2, 0) is 0 Å². The number of pyridine rings is 1. The van der Waals surface area contributed by atoms with Crippen LogP contribution in [-0.4, -0.2) is 54.2 Å². The SMILES string of the molecule is CN(C)C1CCN(c2ncc(F)cc2C(=O)O)CC1. The highest BCUT2D eigenvalue weighted by Crippen LogP contribution is 2.23. The van der Waals surface area contributed by atoms with Crippen molar-refractivity contribution in [3.8, 4) is 0 Å². The summed E-state index contributed by atoms with van der Waals surface area (Å²) in [5.74, 6) is -1.40. The van der Waals surface area contributed by atoms with Gasteiger partial charge in [-0.15, -0.1) is 0 Å². The number of rotatable bonds is 3. The molecule has 1 aromatic heterocycles. The molecule has 0 unspecified atom stereocenters. The van der Waals surface area contributed by atoms with Crippen LogP contribution in [0.15, 0.2) is 12.3 Å². The lowest BCUT2D eigenvalue weighted by Gasteiger charge is -2.36. The van der Waals surface area contributed by atoms with Gasteiger partial charge in [0.25, 0.3) is 0 Å². The third-order valence-corrected chi connectivity index (χ3v) is 3.56. The Morgan fingerprint density at radius 2 is 2.11 bits per heavy atom. The van der Waals surface area contributed by atoms with Crippen molar-refractivity contribution in [2.24, 2.45) is 0 Å². The highest BCUT2D eigenvalue weighted by Gasteiger charge is 2.25. The highest BCUT2D eigenvalue weighted by molar-refractivity contribution is 5.93. The first-order valence-corrected chi connectivity index (χ1v) is 6.29. The summed E-state index contributed by atoms with van der Waals surface area (Å²) in [4.78, 5) is 19.2. The Hall–Kier alpha value is -1.69. The summed E-state index contributed by atoms with van der Waals surface area (Å²) >= 11 is 0. The van der Waals surface area contributed by atoms with Gasteiger partial charge in [-0.25, -0.2) is 14.2 Å². The standard InChI is InChI=1S/C13H18FN3O2/c1-16(2)10-3-5-17(6-4-10)12-11(13(18)19)7-9(14)8-15-12/h7-8,10H,3-6H2,1-2H3,(H,18,19). The zero-order valence-electron chi connectivity index (χ0n) is 11.1. The van der Waals surface area contributed by atoms with E-state index in [4.69, 9.17) is 5.11 Å². The number of carbonyl (C=O) groups is 1. The van der Waals surface area contributed by atoms with Crippen molar-refractivity contribution < 1.29 is 14.3 Å². The van der Waals surface area contributed by atoms with E-state index in [1.807, 2.05) is 19.0 Å². The molecule has 0 aromatic carbocycles. The van der Waals surface area contributed by atoms with Crippen LogP contribution >= 0.6 is 0 Å². The second kappa shape index (κ2) is 5.52. The lowest BCUT2D eigenvalue weighted by molar-refractivity contribution is 0.0696. The fourth-order valence-corrected chi connectivity index (χ4v) is 2.44. The lowest BCUT2D eigenvalue weighted by atomic mass is 10.0. The molecule has 19 heavy (non-hydrogen) atoms. The van der Waals surface area contributed by atoms with Crippen LogP contribution in [0.2, 0.25) is 0 Å². The second-order valence-electron chi connectivity index (χ2n) is 5.01. The maximum absolute atomic E-state index is 13.1. The molecule has 0 aliphatic carbocycles. The zero-order valence-corrected chi connectivity index (χ0v) is 11.1. The van der Waals surface area contributed by atoms with Gasteiger partial charge in [-0.3, -0.25) is 0 Å². The molecular weight excluding hydrogens is 249 g/mol. The first-order valence-electron chi connectivity index (χ1n) is 6.29. The van der Waals surface area contributed by atoms with E-state index in [-0.39, 0.29) is 5.56 Å². The number of nitrogens with zero attached hydrogens (tertiary/aromatic N) is 3. The minimum absolute atomic E-state index is 0.0664. The van der Waals surface area contributed by atoms with E-state index in [2.05, 4.69) is 9.88 Å². The van der Waals surface area contributed by atoms with E-state index < -0.39 is 11.8 Å². The first-order chi connectivity index (χ1) is 8.99. The normalized spacial score (nSPS) is 16.9. The minimum Gasteiger partial charge on any atom is -0.478 e. The maximum atomic E-state index is 13.1. The molecule has 6 heteroatoms. The third kappa shape index (κ3) is 3.01. The van der Waals surface area contributed by atoms with E-state index in [0.717, 1.165) is 38.2 Å². The first kappa shape index (κ1) is 13.7. The highest BCUT2D eigenvalue weighted by atomic mass is 19.1. The number of hydrogen-bond donors (Lipinski definition) is 1. The summed E-state index contributed by atoms with van der Waals surface area (Å²) in [5, 5.41) is 9.12. The molecule has 1 aliphatic rings.